The van der Waals surface area contributed by atoms with Crippen molar-refractivity contribution >= 4 is 23.2 Å². The molecular formula is C23H22N4O. The summed E-state index contributed by atoms with van der Waals surface area (Å²) in [5.41, 5.74) is 5.93. The summed E-state index contributed by atoms with van der Waals surface area (Å²) < 4.78 is 0. The minimum absolute atomic E-state index is 0.0496. The number of benzene rings is 2. The summed E-state index contributed by atoms with van der Waals surface area (Å²) in [6, 6.07) is 18.3. The van der Waals surface area contributed by atoms with E-state index < -0.39 is 0 Å². The van der Waals surface area contributed by atoms with E-state index in [2.05, 4.69) is 39.1 Å². The molecule has 140 valence electrons. The van der Waals surface area contributed by atoms with E-state index >= 15 is 0 Å². The molecule has 28 heavy (non-hydrogen) atoms. The van der Waals surface area contributed by atoms with Gasteiger partial charge in [-0.1, -0.05) is 36.4 Å². The van der Waals surface area contributed by atoms with Gasteiger partial charge in [0.2, 0.25) is 5.95 Å². The maximum Gasteiger partial charge on any atom is 0.277 e. The van der Waals surface area contributed by atoms with Crippen LogP contribution in [0, 0.1) is 6.92 Å². The number of fused-ring (bicyclic) bond motifs is 2. The number of rotatable bonds is 2. The van der Waals surface area contributed by atoms with E-state index in [1.807, 2.05) is 36.1 Å². The highest BCUT2D eigenvalue weighted by atomic mass is 16.2. The smallest absolute Gasteiger partial charge is 0.277 e. The lowest BCUT2D eigenvalue weighted by atomic mass is 10.0. The highest BCUT2D eigenvalue weighted by molar-refractivity contribution is 6.05. The molecule has 0 radical (unpaired) electrons. The molecule has 0 saturated heterocycles. The predicted octanol–water partition coefficient (Wildman–Crippen LogP) is 4.07. The van der Waals surface area contributed by atoms with Gasteiger partial charge in [0, 0.05) is 30.2 Å². The number of aromatic nitrogens is 2. The lowest BCUT2D eigenvalue weighted by Gasteiger charge is -2.29. The van der Waals surface area contributed by atoms with Gasteiger partial charge in [0.15, 0.2) is 0 Å². The predicted molar refractivity (Wildman–Crippen MR) is 110 cm³/mol. The summed E-state index contributed by atoms with van der Waals surface area (Å²) in [4.78, 5) is 26.6. The first-order chi connectivity index (χ1) is 13.7. The number of carbonyl (C=O) groups excluding carboxylic acids is 1. The van der Waals surface area contributed by atoms with Gasteiger partial charge < -0.3 is 9.80 Å². The first-order valence-electron chi connectivity index (χ1n) is 9.81. The summed E-state index contributed by atoms with van der Waals surface area (Å²) in [5, 5.41) is 0. The Kier molecular flexibility index (Phi) is 4.08. The molecule has 2 aromatic carbocycles. The number of amides is 1. The fraction of sp³-hybridized carbons (Fsp3) is 0.261. The van der Waals surface area contributed by atoms with E-state index in [4.69, 9.17) is 0 Å². The number of hydrogen-bond donors (Lipinski definition) is 0. The third kappa shape index (κ3) is 2.83. The van der Waals surface area contributed by atoms with Gasteiger partial charge in [-0.2, -0.15) is 0 Å². The largest absolute Gasteiger partial charge is 0.310 e. The van der Waals surface area contributed by atoms with Crippen LogP contribution in [0.25, 0.3) is 0 Å². The lowest BCUT2D eigenvalue weighted by Crippen LogP contribution is -2.36. The van der Waals surface area contributed by atoms with Gasteiger partial charge in [0.1, 0.15) is 5.69 Å². The molecule has 2 aliphatic heterocycles. The van der Waals surface area contributed by atoms with Crippen LogP contribution in [0.5, 0.6) is 0 Å². The average Bonchev–Trinajstić information content (AvgIpc) is 3.16. The van der Waals surface area contributed by atoms with Gasteiger partial charge in [-0.15, -0.1) is 0 Å². The molecule has 2 aliphatic rings. The molecule has 3 heterocycles. The minimum atomic E-state index is -0.0496. The van der Waals surface area contributed by atoms with Crippen molar-refractivity contribution in [2.45, 2.75) is 26.2 Å². The number of hydrogen-bond acceptors (Lipinski definition) is 4. The highest BCUT2D eigenvalue weighted by Crippen LogP contribution is 2.33. The summed E-state index contributed by atoms with van der Waals surface area (Å²) in [5.74, 6) is 0.560. The molecule has 0 spiro atoms. The fourth-order valence-corrected chi connectivity index (χ4v) is 4.21. The molecule has 0 saturated carbocycles. The van der Waals surface area contributed by atoms with E-state index in [1.165, 1.54) is 11.1 Å². The van der Waals surface area contributed by atoms with Crippen molar-refractivity contribution in [3.63, 3.8) is 0 Å². The first-order valence-corrected chi connectivity index (χ1v) is 9.81. The molecule has 0 unspecified atom stereocenters. The van der Waals surface area contributed by atoms with Crippen molar-refractivity contribution < 1.29 is 4.79 Å². The van der Waals surface area contributed by atoms with Crippen molar-refractivity contribution in [2.75, 3.05) is 22.9 Å². The molecule has 0 bridgehead atoms. The van der Waals surface area contributed by atoms with E-state index in [-0.39, 0.29) is 5.91 Å². The van der Waals surface area contributed by atoms with E-state index in [0.29, 0.717) is 11.6 Å². The molecule has 0 N–H and O–H groups in total. The summed E-state index contributed by atoms with van der Waals surface area (Å²) in [7, 11) is 0. The van der Waals surface area contributed by atoms with Gasteiger partial charge in [0.05, 0.1) is 0 Å². The standard InChI is InChI=1S/C23H22N4O/c1-16-15-19(22(28)26-13-6-9-17-7-2-4-10-20(17)26)25-23(24-16)27-14-12-18-8-3-5-11-21(18)27/h2-5,7-8,10-11,15H,6,9,12-14H2,1H3. The third-order valence-corrected chi connectivity index (χ3v) is 5.55. The SMILES string of the molecule is Cc1cc(C(=O)N2CCCc3ccccc32)nc(N2CCc3ccccc32)n1. The van der Waals surface area contributed by atoms with Gasteiger partial charge in [-0.25, -0.2) is 9.97 Å². The van der Waals surface area contributed by atoms with Crippen LogP contribution in [-0.2, 0) is 12.8 Å². The number of anilines is 3. The van der Waals surface area contributed by atoms with Gasteiger partial charge in [-0.3, -0.25) is 4.79 Å². The lowest BCUT2D eigenvalue weighted by molar-refractivity contribution is 0.0980. The molecule has 5 nitrogen and oxygen atoms in total. The van der Waals surface area contributed by atoms with Crippen LogP contribution in [-0.4, -0.2) is 29.0 Å². The van der Waals surface area contributed by atoms with Crippen molar-refractivity contribution in [1.29, 1.82) is 0 Å². The van der Waals surface area contributed by atoms with Crippen molar-refractivity contribution in [3.8, 4) is 0 Å². The Hall–Kier alpha value is -3.21. The first kappa shape index (κ1) is 16.9. The summed E-state index contributed by atoms with van der Waals surface area (Å²) in [6.07, 6.45) is 2.95. The maximum atomic E-state index is 13.3. The van der Waals surface area contributed by atoms with Gasteiger partial charge in [-0.05, 0) is 55.5 Å². The Balaban J connectivity index is 1.52. The Morgan fingerprint density at radius 2 is 1.61 bits per heavy atom. The van der Waals surface area contributed by atoms with Gasteiger partial charge >= 0.3 is 0 Å². The van der Waals surface area contributed by atoms with Crippen molar-refractivity contribution in [3.05, 3.63) is 77.1 Å². The number of carbonyl (C=O) groups is 1. The maximum absolute atomic E-state index is 13.3. The topological polar surface area (TPSA) is 49.3 Å². The molecular weight excluding hydrogens is 348 g/mol. The normalized spacial score (nSPS) is 15.3. The molecule has 0 fully saturated rings. The van der Waals surface area contributed by atoms with Crippen LogP contribution >= 0.6 is 0 Å². The van der Waals surface area contributed by atoms with Crippen LogP contribution < -0.4 is 9.80 Å². The van der Waals surface area contributed by atoms with Crippen LogP contribution in [0.1, 0.15) is 33.7 Å². The second-order valence-electron chi connectivity index (χ2n) is 7.41. The Morgan fingerprint density at radius 3 is 2.43 bits per heavy atom. The Bertz CT molecular complexity index is 1060. The molecule has 5 heteroatoms. The molecule has 1 amide bonds. The Labute approximate surface area is 164 Å². The molecule has 3 aromatic rings. The highest BCUT2D eigenvalue weighted by Gasteiger charge is 2.27. The van der Waals surface area contributed by atoms with Crippen LogP contribution in [0.15, 0.2) is 54.6 Å². The number of para-hydroxylation sites is 2. The zero-order valence-corrected chi connectivity index (χ0v) is 15.9. The van der Waals surface area contributed by atoms with Crippen molar-refractivity contribution in [1.82, 2.24) is 9.97 Å². The zero-order valence-electron chi connectivity index (χ0n) is 15.9. The summed E-state index contributed by atoms with van der Waals surface area (Å²) in [6.45, 7) is 3.48. The number of nitrogens with zero attached hydrogens (tertiary/aromatic N) is 4. The quantitative estimate of drug-likeness (QED) is 0.682. The Morgan fingerprint density at radius 1 is 0.893 bits per heavy atom. The van der Waals surface area contributed by atoms with Crippen LogP contribution in [0.4, 0.5) is 17.3 Å². The van der Waals surface area contributed by atoms with Crippen LogP contribution in [0.3, 0.4) is 0 Å². The van der Waals surface area contributed by atoms with Crippen molar-refractivity contribution in [2.24, 2.45) is 0 Å². The minimum Gasteiger partial charge on any atom is -0.310 e. The molecule has 5 rings (SSSR count). The fourth-order valence-electron chi connectivity index (χ4n) is 4.21. The molecule has 1 aromatic heterocycles. The number of aryl methyl sites for hydroxylation is 2. The summed E-state index contributed by atoms with van der Waals surface area (Å²) >= 11 is 0. The monoisotopic (exact) mass is 370 g/mol. The van der Waals surface area contributed by atoms with Crippen LogP contribution in [0.2, 0.25) is 0 Å². The average molecular weight is 370 g/mol. The molecule has 0 atom stereocenters. The second kappa shape index (κ2) is 6.75. The van der Waals surface area contributed by atoms with E-state index in [1.54, 1.807) is 6.07 Å². The van der Waals surface area contributed by atoms with E-state index in [9.17, 15) is 4.79 Å². The van der Waals surface area contributed by atoms with E-state index in [0.717, 1.165) is 49.4 Å². The second-order valence-corrected chi connectivity index (χ2v) is 7.41. The van der Waals surface area contributed by atoms with Gasteiger partial charge in [0.25, 0.3) is 5.91 Å². The third-order valence-electron chi connectivity index (χ3n) is 5.55. The molecule has 0 aliphatic carbocycles. The zero-order chi connectivity index (χ0) is 19.1.